The number of hydrogen-bond donors (Lipinski definition) is 2. The van der Waals surface area contributed by atoms with Crippen molar-refractivity contribution >= 4 is 23.1 Å². The van der Waals surface area contributed by atoms with Crippen LogP contribution < -0.4 is 10.6 Å². The molecular weight excluding hydrogens is 292 g/mol. The Bertz CT molecular complexity index is 837. The Balaban J connectivity index is 1.79. The fraction of sp³-hybridized carbons (Fsp3) is 0.118. The summed E-state index contributed by atoms with van der Waals surface area (Å²) in [5.41, 5.74) is 2.07. The Morgan fingerprint density at radius 2 is 2.00 bits per heavy atom. The summed E-state index contributed by atoms with van der Waals surface area (Å²) in [5.74, 6) is -0.488. The number of fused-ring (bicyclic) bond motifs is 1. The van der Waals surface area contributed by atoms with Crippen LogP contribution in [-0.4, -0.2) is 27.7 Å². The molecule has 0 aliphatic heterocycles. The van der Waals surface area contributed by atoms with E-state index in [1.54, 1.807) is 34.9 Å². The van der Waals surface area contributed by atoms with Crippen LogP contribution in [-0.2, 0) is 0 Å². The van der Waals surface area contributed by atoms with E-state index >= 15 is 0 Å². The number of carbonyl (C=O) groups is 2. The van der Waals surface area contributed by atoms with Crippen molar-refractivity contribution in [3.8, 4) is 0 Å². The standard InChI is InChI=1S/C17H16N4O2/c1-2-18-16(22)12-6-5-7-13(10-12)19-17(23)14-11-21-9-4-3-8-15(21)20-14/h3-11H,2H2,1H3,(H,18,22)(H,19,23). The Morgan fingerprint density at radius 1 is 1.13 bits per heavy atom. The Labute approximate surface area is 133 Å². The number of anilines is 1. The maximum Gasteiger partial charge on any atom is 0.275 e. The molecule has 6 nitrogen and oxygen atoms in total. The summed E-state index contributed by atoms with van der Waals surface area (Å²) in [5, 5.41) is 5.49. The summed E-state index contributed by atoms with van der Waals surface area (Å²) in [6.07, 6.45) is 3.49. The second-order valence-corrected chi connectivity index (χ2v) is 4.99. The normalized spacial score (nSPS) is 10.5. The van der Waals surface area contributed by atoms with E-state index in [4.69, 9.17) is 0 Å². The zero-order valence-corrected chi connectivity index (χ0v) is 12.6. The number of amides is 2. The second-order valence-electron chi connectivity index (χ2n) is 4.99. The summed E-state index contributed by atoms with van der Waals surface area (Å²) in [6, 6.07) is 12.4. The molecule has 0 aliphatic rings. The number of carbonyl (C=O) groups excluding carboxylic acids is 2. The van der Waals surface area contributed by atoms with Gasteiger partial charge in [-0.05, 0) is 37.3 Å². The highest BCUT2D eigenvalue weighted by atomic mass is 16.2. The lowest BCUT2D eigenvalue weighted by molar-refractivity contribution is 0.0954. The van der Waals surface area contributed by atoms with Gasteiger partial charge in [0.05, 0.1) is 0 Å². The molecule has 23 heavy (non-hydrogen) atoms. The molecule has 0 bridgehead atoms. The lowest BCUT2D eigenvalue weighted by Gasteiger charge is -2.06. The molecule has 2 amide bonds. The molecule has 2 aromatic heterocycles. The predicted octanol–water partition coefficient (Wildman–Crippen LogP) is 2.34. The number of nitrogens with one attached hydrogen (secondary N) is 2. The molecule has 116 valence electrons. The van der Waals surface area contributed by atoms with Crippen LogP contribution in [0.4, 0.5) is 5.69 Å². The van der Waals surface area contributed by atoms with Crippen LogP contribution in [0.3, 0.4) is 0 Å². The van der Waals surface area contributed by atoms with E-state index < -0.39 is 0 Å². The topological polar surface area (TPSA) is 75.5 Å². The van der Waals surface area contributed by atoms with Gasteiger partial charge in [0.1, 0.15) is 11.3 Å². The minimum atomic E-state index is -0.318. The van der Waals surface area contributed by atoms with E-state index in [2.05, 4.69) is 15.6 Å². The Morgan fingerprint density at radius 3 is 2.78 bits per heavy atom. The van der Waals surface area contributed by atoms with Crippen LogP contribution in [0.1, 0.15) is 27.8 Å². The SMILES string of the molecule is CCNC(=O)c1cccc(NC(=O)c2cn3ccccc3n2)c1. The molecule has 0 saturated carbocycles. The van der Waals surface area contributed by atoms with Gasteiger partial charge < -0.3 is 15.0 Å². The van der Waals surface area contributed by atoms with Crippen molar-refractivity contribution in [3.63, 3.8) is 0 Å². The van der Waals surface area contributed by atoms with Gasteiger partial charge in [0.15, 0.2) is 0 Å². The smallest absolute Gasteiger partial charge is 0.275 e. The molecule has 0 saturated heterocycles. The van der Waals surface area contributed by atoms with Crippen LogP contribution in [0.15, 0.2) is 54.9 Å². The monoisotopic (exact) mass is 308 g/mol. The number of aromatic nitrogens is 2. The molecule has 3 aromatic rings. The summed E-state index contributed by atoms with van der Waals surface area (Å²) in [4.78, 5) is 28.4. The van der Waals surface area contributed by atoms with Crippen molar-refractivity contribution in [1.82, 2.24) is 14.7 Å². The van der Waals surface area contributed by atoms with Crippen molar-refractivity contribution in [2.75, 3.05) is 11.9 Å². The number of pyridine rings is 1. The molecule has 0 atom stereocenters. The van der Waals surface area contributed by atoms with Gasteiger partial charge in [-0.2, -0.15) is 0 Å². The molecule has 0 aliphatic carbocycles. The van der Waals surface area contributed by atoms with Crippen LogP contribution in [0, 0.1) is 0 Å². The van der Waals surface area contributed by atoms with Gasteiger partial charge in [-0.15, -0.1) is 0 Å². The van der Waals surface area contributed by atoms with Crippen LogP contribution in [0.25, 0.3) is 5.65 Å². The van der Waals surface area contributed by atoms with E-state index in [1.165, 1.54) is 0 Å². The van der Waals surface area contributed by atoms with Gasteiger partial charge in [0.25, 0.3) is 11.8 Å². The molecule has 3 rings (SSSR count). The maximum atomic E-state index is 12.3. The minimum Gasteiger partial charge on any atom is -0.352 e. The minimum absolute atomic E-state index is 0.170. The number of nitrogens with zero attached hydrogens (tertiary/aromatic N) is 2. The first-order valence-corrected chi connectivity index (χ1v) is 7.30. The van der Waals surface area contributed by atoms with Crippen molar-refractivity contribution < 1.29 is 9.59 Å². The third-order valence-electron chi connectivity index (χ3n) is 3.32. The van der Waals surface area contributed by atoms with Crippen molar-refractivity contribution in [2.45, 2.75) is 6.92 Å². The van der Waals surface area contributed by atoms with Gasteiger partial charge in [-0.25, -0.2) is 4.98 Å². The third kappa shape index (κ3) is 3.21. The highest BCUT2D eigenvalue weighted by Gasteiger charge is 2.12. The lowest BCUT2D eigenvalue weighted by atomic mass is 10.2. The molecule has 1 aromatic carbocycles. The predicted molar refractivity (Wildman–Crippen MR) is 87.6 cm³/mol. The zero-order chi connectivity index (χ0) is 16.2. The van der Waals surface area contributed by atoms with Crippen molar-refractivity contribution in [2.24, 2.45) is 0 Å². The van der Waals surface area contributed by atoms with Crippen LogP contribution in [0.2, 0.25) is 0 Å². The summed E-state index contributed by atoms with van der Waals surface area (Å²) in [6.45, 7) is 2.41. The van der Waals surface area contributed by atoms with E-state index in [9.17, 15) is 9.59 Å². The van der Waals surface area contributed by atoms with Gasteiger partial charge in [0.2, 0.25) is 0 Å². The van der Waals surface area contributed by atoms with Crippen LogP contribution in [0.5, 0.6) is 0 Å². The van der Waals surface area contributed by atoms with E-state index in [1.807, 2.05) is 31.3 Å². The van der Waals surface area contributed by atoms with Gasteiger partial charge in [-0.3, -0.25) is 9.59 Å². The summed E-state index contributed by atoms with van der Waals surface area (Å²) < 4.78 is 1.78. The van der Waals surface area contributed by atoms with Gasteiger partial charge in [-0.1, -0.05) is 12.1 Å². The van der Waals surface area contributed by atoms with Gasteiger partial charge in [0, 0.05) is 30.2 Å². The molecule has 0 spiro atoms. The number of hydrogen-bond acceptors (Lipinski definition) is 3. The number of rotatable bonds is 4. The van der Waals surface area contributed by atoms with Crippen molar-refractivity contribution in [1.29, 1.82) is 0 Å². The maximum absolute atomic E-state index is 12.3. The fourth-order valence-electron chi connectivity index (χ4n) is 2.24. The average Bonchev–Trinajstić information content (AvgIpc) is 2.99. The molecule has 6 heteroatoms. The van der Waals surface area contributed by atoms with Crippen LogP contribution >= 0.6 is 0 Å². The number of imidazole rings is 1. The first-order valence-electron chi connectivity index (χ1n) is 7.30. The second kappa shape index (κ2) is 6.31. The first-order chi connectivity index (χ1) is 11.2. The molecular formula is C17H16N4O2. The third-order valence-corrected chi connectivity index (χ3v) is 3.32. The largest absolute Gasteiger partial charge is 0.352 e. The van der Waals surface area contributed by atoms with E-state index in [0.717, 1.165) is 0 Å². The molecule has 0 unspecified atom stereocenters. The van der Waals surface area contributed by atoms with Gasteiger partial charge >= 0.3 is 0 Å². The van der Waals surface area contributed by atoms with Crippen molar-refractivity contribution in [3.05, 3.63) is 66.1 Å². The quantitative estimate of drug-likeness (QED) is 0.777. The highest BCUT2D eigenvalue weighted by Crippen LogP contribution is 2.13. The zero-order valence-electron chi connectivity index (χ0n) is 12.6. The van der Waals surface area contributed by atoms with E-state index in [-0.39, 0.29) is 11.8 Å². The molecule has 0 radical (unpaired) electrons. The fourth-order valence-corrected chi connectivity index (χ4v) is 2.24. The number of benzene rings is 1. The molecule has 2 N–H and O–H groups in total. The first kappa shape index (κ1) is 14.8. The molecule has 0 fully saturated rings. The summed E-state index contributed by atoms with van der Waals surface area (Å²) >= 11 is 0. The molecule has 2 heterocycles. The highest BCUT2D eigenvalue weighted by molar-refractivity contribution is 6.04. The lowest BCUT2D eigenvalue weighted by Crippen LogP contribution is -2.22. The van der Waals surface area contributed by atoms with E-state index in [0.29, 0.717) is 29.1 Å². The Kier molecular flexibility index (Phi) is 4.05. The average molecular weight is 308 g/mol. The summed E-state index contributed by atoms with van der Waals surface area (Å²) in [7, 11) is 0. The Hall–Kier alpha value is -3.15.